The van der Waals surface area contributed by atoms with E-state index in [9.17, 15) is 43.2 Å². The van der Waals surface area contributed by atoms with Crippen LogP contribution in [0.1, 0.15) is 426 Å². The number of carbonyl (C=O) groups excluding carboxylic acids is 4. The zero-order valence-corrected chi connectivity index (χ0v) is 65.6. The Morgan fingerprint density at radius 3 is 0.602 bits per heavy atom. The number of phosphoric acid groups is 2. The number of carbonyl (C=O) groups is 4. The van der Waals surface area contributed by atoms with Crippen LogP contribution in [-0.4, -0.2) is 96.7 Å². The topological polar surface area (TPSA) is 237 Å². The summed E-state index contributed by atoms with van der Waals surface area (Å²) in [5, 5.41) is 10.6. The number of rotatable bonds is 80. The van der Waals surface area contributed by atoms with Crippen molar-refractivity contribution >= 4 is 39.5 Å². The van der Waals surface area contributed by atoms with Crippen molar-refractivity contribution in [3.63, 3.8) is 0 Å². The summed E-state index contributed by atoms with van der Waals surface area (Å²) in [5.74, 6) is -2.11. The molecule has 0 radical (unpaired) electrons. The van der Waals surface area contributed by atoms with Gasteiger partial charge in [0.25, 0.3) is 0 Å². The molecule has 5 atom stereocenters. The number of hydrogen-bond donors (Lipinski definition) is 3. The van der Waals surface area contributed by atoms with Crippen LogP contribution in [0.4, 0.5) is 0 Å². The number of unbranched alkanes of at least 4 members (excludes halogenated alkanes) is 54. The van der Waals surface area contributed by atoms with Crippen molar-refractivity contribution in [2.45, 2.75) is 444 Å². The van der Waals surface area contributed by atoms with Crippen LogP contribution < -0.4 is 0 Å². The van der Waals surface area contributed by atoms with Crippen LogP contribution in [0, 0.1) is 0 Å². The molecule has 0 aliphatic rings. The molecule has 0 aliphatic heterocycles. The highest BCUT2D eigenvalue weighted by molar-refractivity contribution is 7.47. The Labute approximate surface area is 600 Å². The Kier molecular flexibility index (Phi) is 71.9. The van der Waals surface area contributed by atoms with Crippen LogP contribution in [0.15, 0.2) is 0 Å². The number of esters is 4. The maximum atomic E-state index is 13.1. The molecule has 0 saturated carbocycles. The van der Waals surface area contributed by atoms with E-state index in [1.807, 2.05) is 0 Å². The fraction of sp³-hybridized carbons (Fsp3) is 0.949. The van der Waals surface area contributed by atoms with E-state index in [2.05, 4.69) is 27.7 Å². The Hall–Kier alpha value is -1.94. The number of phosphoric ester groups is 2. The van der Waals surface area contributed by atoms with E-state index in [1.54, 1.807) is 0 Å². The summed E-state index contributed by atoms with van der Waals surface area (Å²) in [7, 11) is -9.91. The molecule has 582 valence electrons. The van der Waals surface area contributed by atoms with Gasteiger partial charge in [-0.25, -0.2) is 9.13 Å². The molecule has 0 amide bonds. The van der Waals surface area contributed by atoms with Gasteiger partial charge in [-0.2, -0.15) is 0 Å². The first kappa shape index (κ1) is 96.1. The number of hydrogen-bond acceptors (Lipinski definition) is 15. The third kappa shape index (κ3) is 72.4. The van der Waals surface area contributed by atoms with Crippen molar-refractivity contribution in [1.82, 2.24) is 0 Å². The van der Waals surface area contributed by atoms with Crippen LogP contribution >= 0.6 is 15.6 Å². The third-order valence-electron chi connectivity index (χ3n) is 18.6. The Morgan fingerprint density at radius 1 is 0.245 bits per heavy atom. The maximum Gasteiger partial charge on any atom is 0.472 e. The lowest BCUT2D eigenvalue weighted by atomic mass is 10.0. The van der Waals surface area contributed by atoms with Gasteiger partial charge in [-0.1, -0.05) is 374 Å². The van der Waals surface area contributed by atoms with E-state index in [0.717, 1.165) is 89.9 Å². The third-order valence-corrected chi connectivity index (χ3v) is 20.5. The van der Waals surface area contributed by atoms with Gasteiger partial charge in [0, 0.05) is 25.7 Å². The van der Waals surface area contributed by atoms with Gasteiger partial charge in [-0.15, -0.1) is 0 Å². The van der Waals surface area contributed by atoms with Gasteiger partial charge in [0.05, 0.1) is 26.4 Å². The quantitative estimate of drug-likeness (QED) is 0.0222. The summed E-state index contributed by atoms with van der Waals surface area (Å²) < 4.78 is 68.6. The first-order valence-corrected chi connectivity index (χ1v) is 44.3. The highest BCUT2D eigenvalue weighted by Gasteiger charge is 2.30. The Morgan fingerprint density at radius 2 is 0.408 bits per heavy atom. The second-order valence-corrected chi connectivity index (χ2v) is 31.4. The second-order valence-electron chi connectivity index (χ2n) is 28.5. The largest absolute Gasteiger partial charge is 0.472 e. The smallest absolute Gasteiger partial charge is 0.462 e. The molecular weight excluding hydrogens is 1280 g/mol. The molecule has 0 spiro atoms. The van der Waals surface area contributed by atoms with Crippen molar-refractivity contribution in [3.8, 4) is 0 Å². The van der Waals surface area contributed by atoms with Gasteiger partial charge in [0.2, 0.25) is 0 Å². The molecule has 2 unspecified atom stereocenters. The lowest BCUT2D eigenvalue weighted by Gasteiger charge is -2.21. The van der Waals surface area contributed by atoms with Gasteiger partial charge in [0.1, 0.15) is 19.3 Å². The van der Waals surface area contributed by atoms with Gasteiger partial charge in [0.15, 0.2) is 12.2 Å². The molecule has 0 aromatic heterocycles. The van der Waals surface area contributed by atoms with E-state index >= 15 is 0 Å². The summed E-state index contributed by atoms with van der Waals surface area (Å²) in [6.07, 6.45) is 65.1. The number of ether oxygens (including phenoxy) is 4. The molecular formula is C79H154O17P2. The summed E-state index contributed by atoms with van der Waals surface area (Å²) >= 11 is 0. The molecule has 0 aliphatic carbocycles. The van der Waals surface area contributed by atoms with Gasteiger partial charge >= 0.3 is 39.5 Å². The molecule has 0 bridgehead atoms. The highest BCUT2D eigenvalue weighted by atomic mass is 31.2. The second kappa shape index (κ2) is 73.4. The van der Waals surface area contributed by atoms with E-state index in [0.29, 0.717) is 25.7 Å². The van der Waals surface area contributed by atoms with Gasteiger partial charge in [-0.05, 0) is 25.7 Å². The predicted molar refractivity (Wildman–Crippen MR) is 400 cm³/mol. The average molecular weight is 1440 g/mol. The Balaban J connectivity index is 5.22. The molecule has 3 N–H and O–H groups in total. The van der Waals surface area contributed by atoms with Crippen LogP contribution in [-0.2, 0) is 65.4 Å². The predicted octanol–water partition coefficient (Wildman–Crippen LogP) is 23.8. The van der Waals surface area contributed by atoms with Crippen LogP contribution in [0.3, 0.4) is 0 Å². The number of aliphatic hydroxyl groups excluding tert-OH is 1. The molecule has 98 heavy (non-hydrogen) atoms. The summed E-state index contributed by atoms with van der Waals surface area (Å²) in [6, 6.07) is 0. The van der Waals surface area contributed by atoms with Crippen LogP contribution in [0.5, 0.6) is 0 Å². The molecule has 19 heteroatoms. The zero-order valence-electron chi connectivity index (χ0n) is 63.8. The van der Waals surface area contributed by atoms with E-state index in [1.165, 1.54) is 257 Å². The summed E-state index contributed by atoms with van der Waals surface area (Å²) in [4.78, 5) is 72.9. The fourth-order valence-corrected chi connectivity index (χ4v) is 13.9. The zero-order chi connectivity index (χ0) is 71.8. The van der Waals surface area contributed by atoms with Crippen LogP contribution in [0.2, 0.25) is 0 Å². The highest BCUT2D eigenvalue weighted by Crippen LogP contribution is 2.45. The lowest BCUT2D eigenvalue weighted by molar-refractivity contribution is -0.161. The van der Waals surface area contributed by atoms with Crippen LogP contribution in [0.25, 0.3) is 0 Å². The normalized spacial score (nSPS) is 13.8. The Bertz CT molecular complexity index is 1860. The van der Waals surface area contributed by atoms with Gasteiger partial charge in [-0.3, -0.25) is 37.3 Å². The minimum Gasteiger partial charge on any atom is -0.462 e. The van der Waals surface area contributed by atoms with Crippen molar-refractivity contribution in [1.29, 1.82) is 0 Å². The van der Waals surface area contributed by atoms with Crippen molar-refractivity contribution < 1.29 is 80.2 Å². The first-order valence-electron chi connectivity index (χ1n) is 41.3. The molecule has 0 heterocycles. The number of aliphatic hydroxyl groups is 1. The lowest BCUT2D eigenvalue weighted by Crippen LogP contribution is -2.30. The van der Waals surface area contributed by atoms with E-state index < -0.39 is 97.5 Å². The minimum absolute atomic E-state index is 0.108. The van der Waals surface area contributed by atoms with Crippen molar-refractivity contribution in [2.24, 2.45) is 0 Å². The molecule has 0 saturated heterocycles. The SMILES string of the molecule is CCCCCCCCCCCCCCCCCCCCCC(=O)O[C@H](COC(=O)CCCCCCCCCCCCCCCCCCC)COP(=O)(O)OC[C@@H](O)COP(=O)(O)OC[C@@H](COC(=O)CCCCCCCCCCCCC)OC(=O)CCCCCCCCCCCCC. The molecule has 0 rings (SSSR count). The first-order chi connectivity index (χ1) is 47.7. The van der Waals surface area contributed by atoms with E-state index in [4.69, 9.17) is 37.0 Å². The summed E-state index contributed by atoms with van der Waals surface area (Å²) in [6.45, 7) is 5.01. The molecule has 0 aromatic rings. The monoisotopic (exact) mass is 1440 g/mol. The molecule has 17 nitrogen and oxygen atoms in total. The summed E-state index contributed by atoms with van der Waals surface area (Å²) in [5.41, 5.74) is 0. The molecule has 0 aromatic carbocycles. The van der Waals surface area contributed by atoms with Crippen molar-refractivity contribution in [2.75, 3.05) is 39.6 Å². The average Bonchev–Trinajstić information content (AvgIpc) is 1.06. The van der Waals surface area contributed by atoms with E-state index in [-0.39, 0.29) is 25.7 Å². The minimum atomic E-state index is -4.96. The maximum absolute atomic E-state index is 13.1. The standard InChI is InChI=1S/C79H154O17P2/c1-5-9-13-17-21-25-29-31-33-35-36-38-40-42-46-50-54-58-62-66-79(84)96-75(70-90-77(82)64-60-56-52-48-45-41-39-37-34-32-30-26-22-18-14-10-6-2)72-94-98(87,88)92-68-73(80)67-91-97(85,86)93-71-74(95-78(83)65-61-57-53-49-44-28-24-20-16-12-8-4)69-89-76(81)63-59-55-51-47-43-27-23-19-15-11-7-3/h73-75,80H,5-72H2,1-4H3,(H,85,86)(H,87,88)/t73-,74+,75+/m0/s1. The fourth-order valence-electron chi connectivity index (χ4n) is 12.3. The molecule has 0 fully saturated rings. The van der Waals surface area contributed by atoms with Gasteiger partial charge < -0.3 is 33.8 Å². The van der Waals surface area contributed by atoms with Crippen molar-refractivity contribution in [3.05, 3.63) is 0 Å².